The van der Waals surface area contributed by atoms with Crippen molar-refractivity contribution in [3.63, 3.8) is 0 Å². The number of rotatable bonds is 8. The minimum atomic E-state index is -1.02. The Morgan fingerprint density at radius 2 is 1.70 bits per heavy atom. The van der Waals surface area contributed by atoms with Crippen LogP contribution in [-0.4, -0.2) is 34.4 Å². The summed E-state index contributed by atoms with van der Waals surface area (Å²) in [6.07, 6.45) is -0.439. The fraction of sp³-hybridized carbons (Fsp3) is 0.364. The summed E-state index contributed by atoms with van der Waals surface area (Å²) in [5.74, 6) is -0.571. The van der Waals surface area contributed by atoms with Gasteiger partial charge in [-0.05, 0) is 24.3 Å². The fourth-order valence-electron chi connectivity index (χ4n) is 3.82. The van der Waals surface area contributed by atoms with Gasteiger partial charge in [0.25, 0.3) is 11.4 Å². The molecule has 174 valence electrons. The predicted molar refractivity (Wildman–Crippen MR) is 119 cm³/mol. The molecule has 1 N–H and O–H groups in total. The van der Waals surface area contributed by atoms with E-state index in [9.17, 15) is 29.8 Å². The highest BCUT2D eigenvalue weighted by Crippen LogP contribution is 2.42. The van der Waals surface area contributed by atoms with E-state index in [0.29, 0.717) is 0 Å². The smallest absolute Gasteiger partial charge is 0.408 e. The second-order valence-corrected chi connectivity index (χ2v) is 8.07. The van der Waals surface area contributed by atoms with Crippen LogP contribution in [0.5, 0.6) is 0 Å². The molecule has 0 radical (unpaired) electrons. The van der Waals surface area contributed by atoms with Gasteiger partial charge in [0, 0.05) is 18.7 Å². The molecule has 1 heterocycles. The number of anilines is 1. The van der Waals surface area contributed by atoms with Crippen molar-refractivity contribution < 1.29 is 24.2 Å². The monoisotopic (exact) mass is 456 g/mol. The van der Waals surface area contributed by atoms with Gasteiger partial charge >= 0.3 is 6.09 Å². The summed E-state index contributed by atoms with van der Waals surface area (Å²) < 4.78 is 5.22. The number of alkyl carbamates (subject to hydrolysis) is 1. The summed E-state index contributed by atoms with van der Waals surface area (Å²) in [6, 6.07) is 10.1. The first kappa shape index (κ1) is 23.6. The molecule has 0 saturated carbocycles. The van der Waals surface area contributed by atoms with Gasteiger partial charge in [0.15, 0.2) is 0 Å². The average molecular weight is 456 g/mol. The van der Waals surface area contributed by atoms with Gasteiger partial charge in [-0.2, -0.15) is 0 Å². The molecule has 11 nitrogen and oxygen atoms in total. The molecule has 0 aromatic heterocycles. The molecule has 11 heteroatoms. The summed E-state index contributed by atoms with van der Waals surface area (Å²) in [5.41, 5.74) is 0.152. The van der Waals surface area contributed by atoms with Crippen molar-refractivity contribution in [3.8, 4) is 0 Å². The number of nitro benzene ring substituents is 2. The van der Waals surface area contributed by atoms with Gasteiger partial charge in [-0.25, -0.2) is 4.79 Å². The van der Waals surface area contributed by atoms with Crippen molar-refractivity contribution in [2.75, 3.05) is 11.4 Å². The maximum Gasteiger partial charge on any atom is 0.408 e. The Morgan fingerprint density at radius 1 is 1.06 bits per heavy atom. The molecule has 0 bridgehead atoms. The summed E-state index contributed by atoms with van der Waals surface area (Å²) in [7, 11) is 0. The topological polar surface area (TPSA) is 145 Å². The highest BCUT2D eigenvalue weighted by atomic mass is 16.6. The van der Waals surface area contributed by atoms with Gasteiger partial charge in [-0.3, -0.25) is 25.0 Å². The molecular formula is C22H24N4O7. The van der Waals surface area contributed by atoms with Crippen molar-refractivity contribution in [3.05, 3.63) is 73.8 Å². The van der Waals surface area contributed by atoms with E-state index in [0.717, 1.165) is 22.6 Å². The molecule has 0 fully saturated rings. The second-order valence-electron chi connectivity index (χ2n) is 8.07. The average Bonchev–Trinajstić information content (AvgIpc) is 3.21. The Labute approximate surface area is 189 Å². The van der Waals surface area contributed by atoms with Crippen LogP contribution in [0.2, 0.25) is 0 Å². The number of carbonyl (C=O) groups excluding carboxylic acids is 2. The molecule has 2 aromatic carbocycles. The Morgan fingerprint density at radius 3 is 2.30 bits per heavy atom. The van der Waals surface area contributed by atoms with Crippen LogP contribution in [0.4, 0.5) is 21.9 Å². The normalized spacial score (nSPS) is 13.4. The maximum atomic E-state index is 13.4. The molecule has 1 atom stereocenters. The van der Waals surface area contributed by atoms with E-state index >= 15 is 0 Å². The second kappa shape index (κ2) is 10.1. The largest absolute Gasteiger partial charge is 0.445 e. The Hall–Kier alpha value is -4.02. The SMILES string of the molecule is CC(C)C[C@H](NC(=O)OCc1ccccc1)C(=O)N1CCc2c([N+](=O)[O-])ccc([N+](=O)[O-])c21. The zero-order valence-corrected chi connectivity index (χ0v) is 18.2. The first-order valence-corrected chi connectivity index (χ1v) is 10.4. The summed E-state index contributed by atoms with van der Waals surface area (Å²) in [5, 5.41) is 25.5. The Kier molecular flexibility index (Phi) is 7.21. The fourth-order valence-corrected chi connectivity index (χ4v) is 3.82. The molecule has 2 aromatic rings. The lowest BCUT2D eigenvalue weighted by molar-refractivity contribution is -0.388. The van der Waals surface area contributed by atoms with E-state index in [1.54, 1.807) is 24.3 Å². The van der Waals surface area contributed by atoms with Gasteiger partial charge in [0.05, 0.1) is 15.4 Å². The van der Waals surface area contributed by atoms with E-state index in [1.807, 2.05) is 19.9 Å². The first-order valence-electron chi connectivity index (χ1n) is 10.4. The van der Waals surface area contributed by atoms with E-state index in [2.05, 4.69) is 5.32 Å². The third kappa shape index (κ3) is 5.43. The van der Waals surface area contributed by atoms with E-state index in [-0.39, 0.29) is 48.8 Å². The standard InChI is InChI=1S/C22H24N4O7/c1-14(2)12-17(23-22(28)33-13-15-6-4-3-5-7-15)21(27)24-11-10-16-18(25(29)30)8-9-19(20(16)24)26(31)32/h3-9,14,17H,10-13H2,1-2H3,(H,23,28)/t17-/m0/s1. The molecule has 1 aliphatic rings. The van der Waals surface area contributed by atoms with Crippen LogP contribution in [0, 0.1) is 26.1 Å². The lowest BCUT2D eigenvalue weighted by Crippen LogP contribution is -2.49. The number of nitro groups is 2. The van der Waals surface area contributed by atoms with Gasteiger partial charge in [-0.1, -0.05) is 44.2 Å². The number of hydrogen-bond donors (Lipinski definition) is 1. The minimum absolute atomic E-state index is 0.00976. The lowest BCUT2D eigenvalue weighted by Gasteiger charge is -2.25. The van der Waals surface area contributed by atoms with Crippen LogP contribution in [-0.2, 0) is 22.6 Å². The molecule has 0 saturated heterocycles. The van der Waals surface area contributed by atoms with Gasteiger partial charge in [0.2, 0.25) is 5.91 Å². The third-order valence-electron chi connectivity index (χ3n) is 5.26. The van der Waals surface area contributed by atoms with Crippen LogP contribution in [0.3, 0.4) is 0 Å². The number of nitrogens with zero attached hydrogens (tertiary/aromatic N) is 3. The lowest BCUT2D eigenvalue weighted by atomic mass is 10.0. The first-order chi connectivity index (χ1) is 15.7. The predicted octanol–water partition coefficient (Wildman–Crippen LogP) is 3.73. The van der Waals surface area contributed by atoms with E-state index in [4.69, 9.17) is 4.74 Å². The number of ether oxygens (including phenoxy) is 1. The minimum Gasteiger partial charge on any atom is -0.445 e. The van der Waals surface area contributed by atoms with Crippen molar-refractivity contribution in [2.45, 2.75) is 39.3 Å². The van der Waals surface area contributed by atoms with Crippen molar-refractivity contribution >= 4 is 29.1 Å². The zero-order valence-electron chi connectivity index (χ0n) is 18.2. The maximum absolute atomic E-state index is 13.4. The van der Waals surface area contributed by atoms with E-state index in [1.165, 1.54) is 0 Å². The Bertz CT molecular complexity index is 1070. The quantitative estimate of drug-likeness (QED) is 0.470. The van der Waals surface area contributed by atoms with Gasteiger partial charge in [-0.15, -0.1) is 0 Å². The molecule has 3 rings (SSSR count). The van der Waals surface area contributed by atoms with Crippen LogP contribution in [0.25, 0.3) is 0 Å². The van der Waals surface area contributed by atoms with Gasteiger partial charge in [0.1, 0.15) is 18.3 Å². The van der Waals surface area contributed by atoms with Crippen molar-refractivity contribution in [1.29, 1.82) is 0 Å². The summed E-state index contributed by atoms with van der Waals surface area (Å²) in [6.45, 7) is 3.78. The van der Waals surface area contributed by atoms with Crippen LogP contribution in [0.1, 0.15) is 31.4 Å². The summed E-state index contributed by atoms with van der Waals surface area (Å²) >= 11 is 0. The van der Waals surface area contributed by atoms with Crippen LogP contribution < -0.4 is 10.2 Å². The van der Waals surface area contributed by atoms with Crippen LogP contribution >= 0.6 is 0 Å². The Balaban J connectivity index is 1.83. The number of benzene rings is 2. The third-order valence-corrected chi connectivity index (χ3v) is 5.26. The highest BCUT2D eigenvalue weighted by Gasteiger charge is 2.40. The summed E-state index contributed by atoms with van der Waals surface area (Å²) in [4.78, 5) is 48.6. The van der Waals surface area contributed by atoms with Crippen molar-refractivity contribution in [2.24, 2.45) is 5.92 Å². The molecule has 0 unspecified atom stereocenters. The number of hydrogen-bond acceptors (Lipinski definition) is 7. The molecule has 1 aliphatic heterocycles. The van der Waals surface area contributed by atoms with Gasteiger partial charge < -0.3 is 15.0 Å². The number of amides is 2. The zero-order chi connectivity index (χ0) is 24.1. The molecule has 2 amide bonds. The highest BCUT2D eigenvalue weighted by molar-refractivity contribution is 6.03. The number of fused-ring (bicyclic) bond motifs is 1. The molecule has 33 heavy (non-hydrogen) atoms. The number of carbonyl (C=O) groups is 2. The van der Waals surface area contributed by atoms with E-state index < -0.39 is 33.6 Å². The molecule has 0 aliphatic carbocycles. The van der Waals surface area contributed by atoms with Crippen molar-refractivity contribution in [1.82, 2.24) is 5.32 Å². The molecular weight excluding hydrogens is 432 g/mol. The number of nitrogens with one attached hydrogen (secondary N) is 1. The molecule has 0 spiro atoms. The van der Waals surface area contributed by atoms with Crippen LogP contribution in [0.15, 0.2) is 42.5 Å².